The summed E-state index contributed by atoms with van der Waals surface area (Å²) in [5, 5.41) is 14.9. The number of aliphatic carboxylic acids is 2. The second-order valence-corrected chi connectivity index (χ2v) is 0.936. The van der Waals surface area contributed by atoms with E-state index in [-0.39, 0.29) is 29.6 Å². The molecule has 0 aromatic carbocycles. The molecule has 0 fully saturated rings. The molecule has 0 saturated carbocycles. The van der Waals surface area contributed by atoms with Crippen molar-refractivity contribution in [1.82, 2.24) is 0 Å². The maximum Gasteiger partial charge on any atom is 1.00 e. The molecule has 52 valence electrons. The van der Waals surface area contributed by atoms with Crippen LogP contribution >= 0.6 is 0 Å². The van der Waals surface area contributed by atoms with Crippen LogP contribution in [0.3, 0.4) is 0 Å². The van der Waals surface area contributed by atoms with Gasteiger partial charge in [-0.3, -0.25) is 11.7 Å². The molecule has 0 aromatic heterocycles. The predicted octanol–water partition coefficient (Wildman–Crippen LogP) is -2.83. The van der Waals surface area contributed by atoms with Crippen LogP contribution in [-0.4, -0.2) is 22.2 Å². The molecule has 0 spiro atoms. The standard InChI is InChI=1S/C3H4O2.C2H3O2.Na/c1-2-3(4)5;1-2(3)4;/h2H,1H2,(H,4,5);1H2,(H,3,4);/q;-1;+1. The number of rotatable bonds is 1. The number of hydrogen-bond donors (Lipinski definition) is 2. The first-order chi connectivity index (χ1) is 4.00. The van der Waals surface area contributed by atoms with E-state index in [0.717, 1.165) is 6.08 Å². The fraction of sp³-hybridized carbons (Fsp3) is 0. The van der Waals surface area contributed by atoms with Crippen LogP contribution in [0.4, 0.5) is 0 Å². The van der Waals surface area contributed by atoms with Crippen molar-refractivity contribution in [2.24, 2.45) is 0 Å². The van der Waals surface area contributed by atoms with E-state index in [1.54, 1.807) is 0 Å². The van der Waals surface area contributed by atoms with E-state index >= 15 is 0 Å². The van der Waals surface area contributed by atoms with Gasteiger partial charge in [-0.15, -0.1) is 0 Å². The van der Waals surface area contributed by atoms with Crippen molar-refractivity contribution in [2.45, 2.75) is 0 Å². The zero-order valence-corrected chi connectivity index (χ0v) is 7.70. The Kier molecular flexibility index (Phi) is 18.5. The van der Waals surface area contributed by atoms with Crippen molar-refractivity contribution in [3.63, 3.8) is 0 Å². The number of hydrogen-bond acceptors (Lipinski definition) is 2. The van der Waals surface area contributed by atoms with Gasteiger partial charge in [0, 0.05) is 6.08 Å². The monoisotopic (exact) mass is 154 g/mol. The molecule has 0 rings (SSSR count). The number of carbonyl (C=O) groups is 2. The summed E-state index contributed by atoms with van der Waals surface area (Å²) in [6, 6.07) is 0. The summed E-state index contributed by atoms with van der Waals surface area (Å²) >= 11 is 0. The van der Waals surface area contributed by atoms with E-state index in [1.807, 2.05) is 0 Å². The molecular formula is C5H7NaO4. The fourth-order valence-corrected chi connectivity index (χ4v) is 0. The summed E-state index contributed by atoms with van der Waals surface area (Å²) in [6.07, 6.45) is 0.833. The largest absolute Gasteiger partial charge is 1.00 e. The number of carboxylic acids is 2. The summed E-state index contributed by atoms with van der Waals surface area (Å²) in [5.74, 6) is -2.06. The van der Waals surface area contributed by atoms with E-state index < -0.39 is 11.9 Å². The van der Waals surface area contributed by atoms with Crippen LogP contribution in [0.1, 0.15) is 0 Å². The van der Waals surface area contributed by atoms with Gasteiger partial charge in [0.1, 0.15) is 0 Å². The molecule has 0 radical (unpaired) electrons. The van der Waals surface area contributed by atoms with Crippen molar-refractivity contribution in [1.29, 1.82) is 0 Å². The van der Waals surface area contributed by atoms with E-state index in [0.29, 0.717) is 0 Å². The summed E-state index contributed by atoms with van der Waals surface area (Å²) in [7, 11) is 0. The first-order valence-electron chi connectivity index (χ1n) is 1.91. The zero-order chi connectivity index (χ0) is 7.86. The molecule has 0 bridgehead atoms. The minimum atomic E-state index is -1.08. The smallest absolute Gasteiger partial charge is 0.503 e. The number of carboxylic acid groups (broad SMARTS) is 2. The Bertz CT molecular complexity index is 117. The Morgan fingerprint density at radius 1 is 1.40 bits per heavy atom. The van der Waals surface area contributed by atoms with Gasteiger partial charge in [-0.25, -0.2) is 4.79 Å². The molecule has 0 atom stereocenters. The van der Waals surface area contributed by atoms with Crippen LogP contribution in [-0.2, 0) is 9.59 Å². The van der Waals surface area contributed by atoms with Crippen LogP contribution in [0.15, 0.2) is 12.7 Å². The Labute approximate surface area is 80.8 Å². The SMILES string of the molecule is C=CC(=O)O.[CH2-]C(=O)O.[Na+]. The van der Waals surface area contributed by atoms with Gasteiger partial charge >= 0.3 is 35.5 Å². The van der Waals surface area contributed by atoms with Crippen molar-refractivity contribution in [3.05, 3.63) is 19.6 Å². The third-order valence-corrected chi connectivity index (χ3v) is 0.175. The van der Waals surface area contributed by atoms with Gasteiger partial charge < -0.3 is 10.2 Å². The molecule has 0 aromatic rings. The van der Waals surface area contributed by atoms with E-state index in [4.69, 9.17) is 15.0 Å². The first-order valence-corrected chi connectivity index (χ1v) is 1.91. The maximum atomic E-state index is 9.25. The minimum absolute atomic E-state index is 0. The molecule has 0 heterocycles. The topological polar surface area (TPSA) is 74.6 Å². The van der Waals surface area contributed by atoms with Crippen molar-refractivity contribution >= 4 is 11.9 Å². The minimum Gasteiger partial charge on any atom is -0.503 e. The molecular weight excluding hydrogens is 147 g/mol. The molecule has 10 heavy (non-hydrogen) atoms. The Hall–Kier alpha value is -0.450. The van der Waals surface area contributed by atoms with Gasteiger partial charge in [0.05, 0.1) is 0 Å². The second kappa shape index (κ2) is 11.4. The zero-order valence-electron chi connectivity index (χ0n) is 5.70. The Balaban J connectivity index is -0.0000000910. The van der Waals surface area contributed by atoms with Crippen molar-refractivity contribution in [3.8, 4) is 0 Å². The maximum absolute atomic E-state index is 9.25. The summed E-state index contributed by atoms with van der Waals surface area (Å²) < 4.78 is 0. The van der Waals surface area contributed by atoms with Crippen LogP contribution in [0.2, 0.25) is 0 Å². The van der Waals surface area contributed by atoms with Gasteiger partial charge in [-0.2, -0.15) is 0 Å². The molecule has 0 aliphatic rings. The molecule has 2 N–H and O–H groups in total. The second-order valence-electron chi connectivity index (χ2n) is 0.936. The van der Waals surface area contributed by atoms with Crippen LogP contribution < -0.4 is 29.6 Å². The average Bonchev–Trinajstić information content (AvgIpc) is 1.65. The van der Waals surface area contributed by atoms with Gasteiger partial charge in [0.2, 0.25) is 0 Å². The van der Waals surface area contributed by atoms with Crippen molar-refractivity contribution in [2.75, 3.05) is 0 Å². The Morgan fingerprint density at radius 2 is 1.50 bits per heavy atom. The van der Waals surface area contributed by atoms with Crippen LogP contribution in [0.5, 0.6) is 0 Å². The first kappa shape index (κ1) is 16.3. The predicted molar refractivity (Wildman–Crippen MR) is 30.8 cm³/mol. The summed E-state index contributed by atoms with van der Waals surface area (Å²) in [6.45, 7) is 5.52. The van der Waals surface area contributed by atoms with E-state index in [2.05, 4.69) is 13.5 Å². The summed E-state index contributed by atoms with van der Waals surface area (Å²) in [4.78, 5) is 18.1. The molecule has 0 aliphatic heterocycles. The fourth-order valence-electron chi connectivity index (χ4n) is 0. The van der Waals surface area contributed by atoms with Crippen LogP contribution in [0.25, 0.3) is 0 Å². The van der Waals surface area contributed by atoms with Gasteiger partial charge in [-0.1, -0.05) is 6.58 Å². The molecule has 5 heteroatoms. The normalized spacial score (nSPS) is 5.60. The molecule has 4 nitrogen and oxygen atoms in total. The van der Waals surface area contributed by atoms with E-state index in [9.17, 15) is 4.79 Å². The van der Waals surface area contributed by atoms with Gasteiger partial charge in [0.15, 0.2) is 5.97 Å². The van der Waals surface area contributed by atoms with E-state index in [1.165, 1.54) is 0 Å². The van der Waals surface area contributed by atoms with Crippen molar-refractivity contribution < 1.29 is 49.4 Å². The third kappa shape index (κ3) is 135. The average molecular weight is 154 g/mol. The molecule has 0 amide bonds. The quantitative estimate of drug-likeness (QED) is 0.242. The molecule has 0 unspecified atom stereocenters. The Morgan fingerprint density at radius 3 is 1.50 bits per heavy atom. The van der Waals surface area contributed by atoms with Crippen LogP contribution in [0, 0.1) is 6.92 Å². The third-order valence-electron chi connectivity index (χ3n) is 0.175. The van der Waals surface area contributed by atoms with Gasteiger partial charge in [0.25, 0.3) is 0 Å². The van der Waals surface area contributed by atoms with Gasteiger partial charge in [-0.05, 0) is 0 Å². The molecule has 0 saturated heterocycles. The molecule has 0 aliphatic carbocycles. The summed E-state index contributed by atoms with van der Waals surface area (Å²) in [5.41, 5.74) is 0.